The van der Waals surface area contributed by atoms with Gasteiger partial charge in [-0.05, 0) is 52.2 Å². The lowest BCUT2D eigenvalue weighted by atomic mass is 9.95. The second kappa shape index (κ2) is 7.09. The van der Waals surface area contributed by atoms with E-state index in [0.29, 0.717) is 6.42 Å². The van der Waals surface area contributed by atoms with Crippen molar-refractivity contribution in [1.82, 2.24) is 10.6 Å². The van der Waals surface area contributed by atoms with Gasteiger partial charge in [-0.2, -0.15) is 0 Å². The van der Waals surface area contributed by atoms with Crippen LogP contribution in [0.25, 0.3) is 0 Å². The number of nitrogens with one attached hydrogen (secondary N) is 2. The third-order valence-electron chi connectivity index (χ3n) is 3.75. The molecule has 1 heterocycles. The quantitative estimate of drug-likeness (QED) is 0.755. The maximum absolute atomic E-state index is 12.1. The maximum Gasteiger partial charge on any atom is 0.315 e. The SMILES string of the molecule is CCC(C)(CCO)NC(=O)NC(C)c1cc(C)sc1C. The highest BCUT2D eigenvalue weighted by atomic mass is 32.1. The molecule has 0 saturated carbocycles. The Bertz CT molecular complexity index is 459. The van der Waals surface area contributed by atoms with E-state index in [0.717, 1.165) is 6.42 Å². The summed E-state index contributed by atoms with van der Waals surface area (Å²) in [4.78, 5) is 14.6. The number of aliphatic hydroxyl groups is 1. The van der Waals surface area contributed by atoms with E-state index in [9.17, 15) is 4.79 Å². The monoisotopic (exact) mass is 298 g/mol. The molecule has 0 aliphatic heterocycles. The average molecular weight is 298 g/mol. The zero-order chi connectivity index (χ0) is 15.3. The van der Waals surface area contributed by atoms with Gasteiger partial charge in [-0.3, -0.25) is 0 Å². The Labute approximate surface area is 125 Å². The molecule has 0 aromatic carbocycles. The van der Waals surface area contributed by atoms with Gasteiger partial charge < -0.3 is 15.7 Å². The van der Waals surface area contributed by atoms with Gasteiger partial charge in [0.2, 0.25) is 0 Å². The molecule has 4 nitrogen and oxygen atoms in total. The predicted molar refractivity (Wildman–Crippen MR) is 84.3 cm³/mol. The lowest BCUT2D eigenvalue weighted by Gasteiger charge is -2.29. The van der Waals surface area contributed by atoms with E-state index in [2.05, 4.69) is 30.5 Å². The topological polar surface area (TPSA) is 61.4 Å². The van der Waals surface area contributed by atoms with Crippen molar-refractivity contribution in [2.75, 3.05) is 6.61 Å². The Kier molecular flexibility index (Phi) is 6.02. The van der Waals surface area contributed by atoms with Crippen molar-refractivity contribution in [2.24, 2.45) is 0 Å². The Balaban J connectivity index is 2.64. The molecule has 0 spiro atoms. The largest absolute Gasteiger partial charge is 0.396 e. The molecule has 20 heavy (non-hydrogen) atoms. The number of carbonyl (C=O) groups is 1. The summed E-state index contributed by atoms with van der Waals surface area (Å²) in [6, 6.07) is 1.92. The molecule has 5 heteroatoms. The van der Waals surface area contributed by atoms with Crippen molar-refractivity contribution in [2.45, 2.75) is 59.0 Å². The van der Waals surface area contributed by atoms with E-state index in [1.54, 1.807) is 11.3 Å². The second-order valence-electron chi connectivity index (χ2n) is 5.58. The van der Waals surface area contributed by atoms with Crippen LogP contribution in [0, 0.1) is 13.8 Å². The first-order valence-corrected chi connectivity index (χ1v) is 7.89. The third kappa shape index (κ3) is 4.49. The normalized spacial score (nSPS) is 15.5. The molecule has 1 aromatic rings. The van der Waals surface area contributed by atoms with E-state index >= 15 is 0 Å². The van der Waals surface area contributed by atoms with E-state index in [1.807, 2.05) is 20.8 Å². The van der Waals surface area contributed by atoms with Crippen LogP contribution in [0.3, 0.4) is 0 Å². The van der Waals surface area contributed by atoms with Crippen LogP contribution in [0.2, 0.25) is 0 Å². The molecule has 2 amide bonds. The molecule has 0 saturated heterocycles. The van der Waals surface area contributed by atoms with Crippen molar-refractivity contribution in [1.29, 1.82) is 0 Å². The lowest BCUT2D eigenvalue weighted by molar-refractivity contribution is 0.199. The Morgan fingerprint density at radius 2 is 2.15 bits per heavy atom. The molecule has 0 aliphatic rings. The molecule has 1 rings (SSSR count). The number of amides is 2. The number of aliphatic hydroxyl groups excluding tert-OH is 1. The molecule has 1 aromatic heterocycles. The number of thiophene rings is 1. The number of urea groups is 1. The van der Waals surface area contributed by atoms with Crippen molar-refractivity contribution in [3.8, 4) is 0 Å². The van der Waals surface area contributed by atoms with Gasteiger partial charge in [0.05, 0.1) is 6.04 Å². The average Bonchev–Trinajstić information content (AvgIpc) is 2.68. The molecular weight excluding hydrogens is 272 g/mol. The van der Waals surface area contributed by atoms with Gasteiger partial charge in [0, 0.05) is 21.9 Å². The predicted octanol–water partition coefficient (Wildman–Crippen LogP) is 3.28. The zero-order valence-corrected chi connectivity index (χ0v) is 13.9. The van der Waals surface area contributed by atoms with Crippen molar-refractivity contribution < 1.29 is 9.90 Å². The number of hydrogen-bond donors (Lipinski definition) is 3. The van der Waals surface area contributed by atoms with Crippen LogP contribution < -0.4 is 10.6 Å². The van der Waals surface area contributed by atoms with Crippen LogP contribution in [0.1, 0.15) is 55.0 Å². The van der Waals surface area contributed by atoms with Gasteiger partial charge in [0.15, 0.2) is 0 Å². The summed E-state index contributed by atoms with van der Waals surface area (Å²) in [5.41, 5.74) is 0.807. The van der Waals surface area contributed by atoms with Crippen molar-refractivity contribution >= 4 is 17.4 Å². The standard InChI is InChI=1S/C15H26N2O2S/c1-6-15(5,7-8-18)17-14(19)16-11(3)13-9-10(2)20-12(13)4/h9,11,18H,6-8H2,1-5H3,(H2,16,17,19). The summed E-state index contributed by atoms with van der Waals surface area (Å²) >= 11 is 1.75. The van der Waals surface area contributed by atoms with Gasteiger partial charge in [0.1, 0.15) is 0 Å². The van der Waals surface area contributed by atoms with Gasteiger partial charge in [-0.15, -0.1) is 11.3 Å². The van der Waals surface area contributed by atoms with Crippen LogP contribution in [-0.2, 0) is 0 Å². The van der Waals surface area contributed by atoms with Gasteiger partial charge in [-0.25, -0.2) is 4.79 Å². The fraction of sp³-hybridized carbons (Fsp3) is 0.667. The molecule has 0 bridgehead atoms. The second-order valence-corrected chi connectivity index (χ2v) is 7.04. The minimum Gasteiger partial charge on any atom is -0.396 e. The van der Waals surface area contributed by atoms with Crippen LogP contribution in [-0.4, -0.2) is 23.3 Å². The minimum atomic E-state index is -0.363. The molecule has 0 aliphatic carbocycles. The highest BCUT2D eigenvalue weighted by molar-refractivity contribution is 7.12. The van der Waals surface area contributed by atoms with Gasteiger partial charge >= 0.3 is 6.03 Å². The smallest absolute Gasteiger partial charge is 0.315 e. The highest BCUT2D eigenvalue weighted by Crippen LogP contribution is 2.26. The molecule has 0 radical (unpaired) electrons. The molecule has 0 fully saturated rings. The zero-order valence-electron chi connectivity index (χ0n) is 13.0. The van der Waals surface area contributed by atoms with Crippen LogP contribution in [0.4, 0.5) is 4.79 Å². The number of hydrogen-bond acceptors (Lipinski definition) is 3. The van der Waals surface area contributed by atoms with Crippen molar-refractivity contribution in [3.05, 3.63) is 21.4 Å². The van der Waals surface area contributed by atoms with Crippen LogP contribution in [0.15, 0.2) is 6.07 Å². The summed E-state index contributed by atoms with van der Waals surface area (Å²) in [6.07, 6.45) is 1.34. The Morgan fingerprint density at radius 3 is 2.60 bits per heavy atom. The van der Waals surface area contributed by atoms with E-state index < -0.39 is 0 Å². The van der Waals surface area contributed by atoms with E-state index in [-0.39, 0.29) is 24.2 Å². The highest BCUT2D eigenvalue weighted by Gasteiger charge is 2.24. The first-order chi connectivity index (χ1) is 9.31. The fourth-order valence-corrected chi connectivity index (χ4v) is 3.26. The Hall–Kier alpha value is -1.07. The van der Waals surface area contributed by atoms with Crippen molar-refractivity contribution in [3.63, 3.8) is 0 Å². The van der Waals surface area contributed by atoms with Crippen LogP contribution >= 0.6 is 11.3 Å². The van der Waals surface area contributed by atoms with Gasteiger partial charge in [0.25, 0.3) is 0 Å². The Morgan fingerprint density at radius 1 is 1.50 bits per heavy atom. The first kappa shape index (κ1) is 17.0. The maximum atomic E-state index is 12.1. The third-order valence-corrected chi connectivity index (χ3v) is 4.73. The number of rotatable bonds is 6. The summed E-state index contributed by atoms with van der Waals surface area (Å²) in [5, 5.41) is 15.0. The summed E-state index contributed by atoms with van der Waals surface area (Å²) < 4.78 is 0. The van der Waals surface area contributed by atoms with Crippen LogP contribution in [0.5, 0.6) is 0 Å². The van der Waals surface area contributed by atoms with Gasteiger partial charge in [-0.1, -0.05) is 6.92 Å². The molecule has 2 unspecified atom stereocenters. The lowest BCUT2D eigenvalue weighted by Crippen LogP contribution is -2.50. The minimum absolute atomic E-state index is 0.0183. The fourth-order valence-electron chi connectivity index (χ4n) is 2.24. The first-order valence-electron chi connectivity index (χ1n) is 7.07. The molecule has 2 atom stereocenters. The number of aryl methyl sites for hydroxylation is 2. The van der Waals surface area contributed by atoms with E-state index in [4.69, 9.17) is 5.11 Å². The molecule has 3 N–H and O–H groups in total. The summed E-state index contributed by atoms with van der Waals surface area (Å²) in [6.45, 7) is 10.2. The molecule has 114 valence electrons. The molecular formula is C15H26N2O2S. The van der Waals surface area contributed by atoms with E-state index in [1.165, 1.54) is 15.3 Å². The summed E-state index contributed by atoms with van der Waals surface area (Å²) in [7, 11) is 0. The number of carbonyl (C=O) groups excluding carboxylic acids is 1. The summed E-state index contributed by atoms with van der Waals surface area (Å²) in [5.74, 6) is 0.